The summed E-state index contributed by atoms with van der Waals surface area (Å²) in [7, 11) is 1.67. The van der Waals surface area contributed by atoms with Crippen LogP contribution in [0.3, 0.4) is 0 Å². The van der Waals surface area contributed by atoms with Crippen LogP contribution in [0.15, 0.2) is 18.2 Å². The van der Waals surface area contributed by atoms with Gasteiger partial charge in [-0.25, -0.2) is 0 Å². The monoisotopic (exact) mass is 252 g/mol. The van der Waals surface area contributed by atoms with Crippen LogP contribution in [0.1, 0.15) is 17.5 Å². The zero-order valence-corrected chi connectivity index (χ0v) is 10.0. The first-order valence-corrected chi connectivity index (χ1v) is 5.59. The topological polar surface area (TPSA) is 9.23 Å². The minimum atomic E-state index is 0.854. The molecule has 0 spiro atoms. The molecule has 1 rings (SSSR count). The van der Waals surface area contributed by atoms with E-state index in [2.05, 4.69) is 27.8 Å². The zero-order chi connectivity index (χ0) is 10.4. The van der Waals surface area contributed by atoms with E-state index >= 15 is 0 Å². The number of aryl methyl sites for hydroxylation is 1. The molecule has 0 aliphatic heterocycles. The van der Waals surface area contributed by atoms with Crippen molar-refractivity contribution in [3.05, 3.63) is 29.3 Å². The molecule has 0 heterocycles. The molecular weight excluding hydrogens is 240 g/mol. The van der Waals surface area contributed by atoms with Crippen molar-refractivity contribution in [1.29, 1.82) is 0 Å². The van der Waals surface area contributed by atoms with Crippen LogP contribution in [0.2, 0.25) is 0 Å². The Morgan fingerprint density at radius 1 is 1.43 bits per heavy atom. The van der Waals surface area contributed by atoms with E-state index < -0.39 is 0 Å². The fraction of sp³-hybridized carbons (Fsp3) is 0.333. The van der Waals surface area contributed by atoms with Gasteiger partial charge in [0, 0.05) is 11.8 Å². The highest BCUT2D eigenvalue weighted by molar-refractivity contribution is 9.09. The summed E-state index contributed by atoms with van der Waals surface area (Å²) in [5.74, 6) is 7.01. The van der Waals surface area contributed by atoms with Gasteiger partial charge in [-0.15, -0.1) is 0 Å². The third-order valence-electron chi connectivity index (χ3n) is 1.80. The van der Waals surface area contributed by atoms with Crippen LogP contribution in [-0.2, 0) is 0 Å². The van der Waals surface area contributed by atoms with Crippen molar-refractivity contribution in [2.45, 2.75) is 13.3 Å². The maximum atomic E-state index is 5.24. The van der Waals surface area contributed by atoms with Gasteiger partial charge in [0.1, 0.15) is 5.75 Å². The summed E-state index contributed by atoms with van der Waals surface area (Å²) in [5, 5.41) is 0.911. The minimum Gasteiger partial charge on any atom is -0.495 e. The van der Waals surface area contributed by atoms with Crippen molar-refractivity contribution in [3.8, 4) is 17.6 Å². The summed E-state index contributed by atoms with van der Waals surface area (Å²) in [4.78, 5) is 0. The van der Waals surface area contributed by atoms with E-state index in [1.54, 1.807) is 7.11 Å². The quantitative estimate of drug-likeness (QED) is 0.581. The maximum Gasteiger partial charge on any atom is 0.134 e. The number of hydrogen-bond donors (Lipinski definition) is 0. The van der Waals surface area contributed by atoms with Gasteiger partial charge >= 0.3 is 0 Å². The van der Waals surface area contributed by atoms with Gasteiger partial charge in [-0.1, -0.05) is 33.8 Å². The predicted octanol–water partition coefficient (Wildman–Crippen LogP) is 3.14. The maximum absolute atomic E-state index is 5.24. The van der Waals surface area contributed by atoms with Gasteiger partial charge < -0.3 is 4.74 Å². The number of benzene rings is 1. The number of methoxy groups -OCH3 is 1. The first kappa shape index (κ1) is 11.1. The lowest BCUT2D eigenvalue weighted by Crippen LogP contribution is -1.88. The SMILES string of the molecule is COc1cc(C)ccc1C#CCCBr. The number of halogens is 1. The molecule has 1 nitrogen and oxygen atoms in total. The third-order valence-corrected chi connectivity index (χ3v) is 2.20. The summed E-state index contributed by atoms with van der Waals surface area (Å²) in [6.45, 7) is 2.04. The summed E-state index contributed by atoms with van der Waals surface area (Å²) in [6.07, 6.45) is 0.858. The lowest BCUT2D eigenvalue weighted by Gasteiger charge is -2.03. The molecule has 0 bridgehead atoms. The Kier molecular flexibility index (Phi) is 4.55. The summed E-state index contributed by atoms with van der Waals surface area (Å²) in [5.41, 5.74) is 2.15. The molecule has 0 saturated heterocycles. The zero-order valence-electron chi connectivity index (χ0n) is 8.43. The molecule has 0 N–H and O–H groups in total. The van der Waals surface area contributed by atoms with E-state index in [0.29, 0.717) is 0 Å². The molecule has 0 aliphatic carbocycles. The molecule has 1 aromatic carbocycles. The summed E-state index contributed by atoms with van der Waals surface area (Å²) in [6, 6.07) is 6.04. The van der Waals surface area contributed by atoms with Crippen molar-refractivity contribution in [3.63, 3.8) is 0 Å². The Labute approximate surface area is 93.6 Å². The molecular formula is C12H13BrO. The van der Waals surface area contributed by atoms with Gasteiger partial charge in [0.05, 0.1) is 12.7 Å². The lowest BCUT2D eigenvalue weighted by molar-refractivity contribution is 0.413. The van der Waals surface area contributed by atoms with Gasteiger partial charge in [0.2, 0.25) is 0 Å². The number of ether oxygens (including phenoxy) is 1. The van der Waals surface area contributed by atoms with Crippen LogP contribution < -0.4 is 4.74 Å². The van der Waals surface area contributed by atoms with E-state index in [0.717, 1.165) is 23.1 Å². The Morgan fingerprint density at radius 2 is 2.21 bits per heavy atom. The number of hydrogen-bond acceptors (Lipinski definition) is 1. The minimum absolute atomic E-state index is 0.854. The predicted molar refractivity (Wildman–Crippen MR) is 63.0 cm³/mol. The molecule has 0 unspecified atom stereocenters. The van der Waals surface area contributed by atoms with Crippen molar-refractivity contribution in [1.82, 2.24) is 0 Å². The first-order chi connectivity index (χ1) is 6.77. The third kappa shape index (κ3) is 3.08. The van der Waals surface area contributed by atoms with Crippen molar-refractivity contribution in [2.24, 2.45) is 0 Å². The molecule has 0 radical (unpaired) electrons. The first-order valence-electron chi connectivity index (χ1n) is 4.47. The van der Waals surface area contributed by atoms with Crippen molar-refractivity contribution >= 4 is 15.9 Å². The van der Waals surface area contributed by atoms with E-state index in [4.69, 9.17) is 4.74 Å². The van der Waals surface area contributed by atoms with Crippen LogP contribution in [0, 0.1) is 18.8 Å². The Hall–Kier alpha value is -0.940. The second-order valence-corrected chi connectivity index (χ2v) is 3.74. The highest BCUT2D eigenvalue weighted by Gasteiger charge is 1.98. The summed E-state index contributed by atoms with van der Waals surface area (Å²) >= 11 is 3.34. The molecule has 0 aromatic heterocycles. The highest BCUT2D eigenvalue weighted by atomic mass is 79.9. The Morgan fingerprint density at radius 3 is 2.86 bits per heavy atom. The van der Waals surface area contributed by atoms with Gasteiger partial charge in [-0.2, -0.15) is 0 Å². The average molecular weight is 253 g/mol. The molecule has 0 atom stereocenters. The average Bonchev–Trinajstić information content (AvgIpc) is 2.20. The van der Waals surface area contributed by atoms with E-state index in [-0.39, 0.29) is 0 Å². The number of rotatable bonds is 2. The Balaban J connectivity index is 2.92. The van der Waals surface area contributed by atoms with Crippen molar-refractivity contribution < 1.29 is 4.74 Å². The van der Waals surface area contributed by atoms with Gasteiger partial charge in [0.25, 0.3) is 0 Å². The van der Waals surface area contributed by atoms with E-state index in [1.807, 2.05) is 25.1 Å². The highest BCUT2D eigenvalue weighted by Crippen LogP contribution is 2.18. The Bertz CT molecular complexity index is 360. The van der Waals surface area contributed by atoms with E-state index in [1.165, 1.54) is 5.56 Å². The second-order valence-electron chi connectivity index (χ2n) is 2.94. The van der Waals surface area contributed by atoms with E-state index in [9.17, 15) is 0 Å². The standard InChI is InChI=1S/C12H13BrO/c1-10-6-7-11(5-3-4-8-13)12(9-10)14-2/h6-7,9H,4,8H2,1-2H3. The fourth-order valence-electron chi connectivity index (χ4n) is 1.11. The number of alkyl halides is 1. The molecule has 0 amide bonds. The smallest absolute Gasteiger partial charge is 0.134 e. The second kappa shape index (κ2) is 5.72. The van der Waals surface area contributed by atoms with Crippen LogP contribution in [0.4, 0.5) is 0 Å². The molecule has 2 heteroatoms. The molecule has 14 heavy (non-hydrogen) atoms. The largest absolute Gasteiger partial charge is 0.495 e. The van der Waals surface area contributed by atoms with Gasteiger partial charge in [0.15, 0.2) is 0 Å². The van der Waals surface area contributed by atoms with Crippen LogP contribution in [0.25, 0.3) is 0 Å². The molecule has 0 fully saturated rings. The molecule has 0 aliphatic rings. The normalized spacial score (nSPS) is 9.07. The molecule has 74 valence electrons. The lowest BCUT2D eigenvalue weighted by atomic mass is 10.1. The van der Waals surface area contributed by atoms with Crippen molar-refractivity contribution in [2.75, 3.05) is 12.4 Å². The fourth-order valence-corrected chi connectivity index (χ4v) is 1.30. The van der Waals surface area contributed by atoms with Gasteiger partial charge in [-0.3, -0.25) is 0 Å². The van der Waals surface area contributed by atoms with Crippen LogP contribution in [0.5, 0.6) is 5.75 Å². The summed E-state index contributed by atoms with van der Waals surface area (Å²) < 4.78 is 5.24. The van der Waals surface area contributed by atoms with Crippen LogP contribution in [-0.4, -0.2) is 12.4 Å². The van der Waals surface area contributed by atoms with Crippen LogP contribution >= 0.6 is 15.9 Å². The molecule has 1 aromatic rings. The molecule has 0 saturated carbocycles. The van der Waals surface area contributed by atoms with Gasteiger partial charge in [-0.05, 0) is 24.6 Å².